The Hall–Kier alpha value is -2.74. The van der Waals surface area contributed by atoms with Crippen LogP contribution in [0.2, 0.25) is 0 Å². The minimum absolute atomic E-state index is 0.0310. The van der Waals surface area contributed by atoms with Gasteiger partial charge < -0.3 is 15.5 Å². The molecule has 1 fully saturated rings. The maximum absolute atomic E-state index is 14.0. The van der Waals surface area contributed by atoms with Crippen molar-refractivity contribution >= 4 is 44.5 Å². The van der Waals surface area contributed by atoms with Gasteiger partial charge in [0.2, 0.25) is 5.95 Å². The zero-order chi connectivity index (χ0) is 22.0. The second-order valence-corrected chi connectivity index (χ2v) is 8.99. The Morgan fingerprint density at radius 2 is 1.77 bits per heavy atom. The molecule has 1 heterocycles. The van der Waals surface area contributed by atoms with Gasteiger partial charge in [-0.15, -0.1) is 0 Å². The standard InChI is InChI=1S/C23H25BrFN5O/c1-30(2)21-18-5-3-4-6-20(18)28-23(29-21)27-16-10-8-15(9-11-16)26-22(31)17-12-7-14(24)13-19(17)25/h3-7,12-13,15-16H,8-11H2,1-2H3,(H,26,31)(H,27,28,29). The summed E-state index contributed by atoms with van der Waals surface area (Å²) in [6, 6.07) is 12.7. The van der Waals surface area contributed by atoms with Crippen molar-refractivity contribution in [3.8, 4) is 0 Å². The maximum Gasteiger partial charge on any atom is 0.254 e. The molecule has 1 saturated carbocycles. The van der Waals surface area contributed by atoms with Crippen LogP contribution >= 0.6 is 15.9 Å². The molecule has 0 aliphatic heterocycles. The third kappa shape index (κ3) is 4.95. The van der Waals surface area contributed by atoms with E-state index < -0.39 is 5.82 Å². The SMILES string of the molecule is CN(C)c1nc(NC2CCC(NC(=O)c3ccc(Br)cc3F)CC2)nc2ccccc12. The van der Waals surface area contributed by atoms with Crippen LogP contribution in [0.5, 0.6) is 0 Å². The molecule has 0 spiro atoms. The first-order chi connectivity index (χ1) is 14.9. The number of nitrogens with one attached hydrogen (secondary N) is 2. The first-order valence-electron chi connectivity index (χ1n) is 10.4. The zero-order valence-corrected chi connectivity index (χ0v) is 19.1. The van der Waals surface area contributed by atoms with Gasteiger partial charge in [-0.25, -0.2) is 9.37 Å². The highest BCUT2D eigenvalue weighted by Crippen LogP contribution is 2.26. The van der Waals surface area contributed by atoms with Crippen molar-refractivity contribution in [3.63, 3.8) is 0 Å². The minimum atomic E-state index is -0.521. The van der Waals surface area contributed by atoms with E-state index in [0.29, 0.717) is 10.4 Å². The zero-order valence-electron chi connectivity index (χ0n) is 17.5. The Morgan fingerprint density at radius 3 is 2.48 bits per heavy atom. The van der Waals surface area contributed by atoms with Crippen LogP contribution in [0.15, 0.2) is 46.9 Å². The second kappa shape index (κ2) is 9.18. The number of rotatable bonds is 5. The second-order valence-electron chi connectivity index (χ2n) is 8.07. The summed E-state index contributed by atoms with van der Waals surface area (Å²) in [6.07, 6.45) is 3.38. The number of carbonyl (C=O) groups is 1. The number of carbonyl (C=O) groups excluding carboxylic acids is 1. The number of para-hydroxylation sites is 1. The van der Waals surface area contributed by atoms with E-state index in [4.69, 9.17) is 4.98 Å². The Balaban J connectivity index is 1.38. The number of nitrogens with zero attached hydrogens (tertiary/aromatic N) is 3. The van der Waals surface area contributed by atoms with Crippen LogP contribution in [0, 0.1) is 5.82 Å². The smallest absolute Gasteiger partial charge is 0.254 e. The number of fused-ring (bicyclic) bond motifs is 1. The van der Waals surface area contributed by atoms with Gasteiger partial charge in [0.25, 0.3) is 5.91 Å². The molecule has 1 aliphatic rings. The molecule has 0 saturated heterocycles. The molecule has 0 atom stereocenters. The fourth-order valence-electron chi connectivity index (χ4n) is 3.97. The molecule has 2 N–H and O–H groups in total. The lowest BCUT2D eigenvalue weighted by molar-refractivity contribution is 0.0922. The molecular formula is C23H25BrFN5O. The van der Waals surface area contributed by atoms with Crippen molar-refractivity contribution in [1.82, 2.24) is 15.3 Å². The number of hydrogen-bond acceptors (Lipinski definition) is 5. The van der Waals surface area contributed by atoms with E-state index in [1.807, 2.05) is 43.3 Å². The van der Waals surface area contributed by atoms with Crippen LogP contribution in [-0.2, 0) is 0 Å². The lowest BCUT2D eigenvalue weighted by Crippen LogP contribution is -2.40. The van der Waals surface area contributed by atoms with Crippen molar-refractivity contribution in [2.75, 3.05) is 24.3 Å². The van der Waals surface area contributed by atoms with E-state index in [9.17, 15) is 9.18 Å². The first kappa shape index (κ1) is 21.5. The van der Waals surface area contributed by atoms with Crippen molar-refractivity contribution < 1.29 is 9.18 Å². The Bertz CT molecular complexity index is 1100. The summed E-state index contributed by atoms with van der Waals surface area (Å²) >= 11 is 3.21. The molecule has 1 amide bonds. The van der Waals surface area contributed by atoms with Gasteiger partial charge in [-0.05, 0) is 56.0 Å². The fourth-order valence-corrected chi connectivity index (χ4v) is 4.30. The van der Waals surface area contributed by atoms with E-state index in [2.05, 4.69) is 31.5 Å². The fraction of sp³-hybridized carbons (Fsp3) is 0.348. The summed E-state index contributed by atoms with van der Waals surface area (Å²) in [5.41, 5.74) is 0.977. The van der Waals surface area contributed by atoms with Gasteiger partial charge >= 0.3 is 0 Å². The molecule has 0 unspecified atom stereocenters. The van der Waals surface area contributed by atoms with Crippen molar-refractivity contribution in [3.05, 3.63) is 58.3 Å². The van der Waals surface area contributed by atoms with Crippen molar-refractivity contribution in [2.45, 2.75) is 37.8 Å². The number of aromatic nitrogens is 2. The topological polar surface area (TPSA) is 70.2 Å². The molecule has 4 rings (SSSR count). The van der Waals surface area contributed by atoms with Gasteiger partial charge in [-0.3, -0.25) is 4.79 Å². The number of halogens is 2. The highest BCUT2D eigenvalue weighted by atomic mass is 79.9. The van der Waals surface area contributed by atoms with Crippen LogP contribution in [0.4, 0.5) is 16.2 Å². The molecule has 0 radical (unpaired) electrons. The predicted molar refractivity (Wildman–Crippen MR) is 125 cm³/mol. The van der Waals surface area contributed by atoms with Crippen LogP contribution in [0.3, 0.4) is 0 Å². The molecule has 2 aromatic carbocycles. The van der Waals surface area contributed by atoms with Crippen LogP contribution in [0.25, 0.3) is 10.9 Å². The average molecular weight is 486 g/mol. The molecule has 162 valence electrons. The maximum atomic E-state index is 14.0. The van der Waals surface area contributed by atoms with Crippen LogP contribution in [0.1, 0.15) is 36.0 Å². The summed E-state index contributed by atoms with van der Waals surface area (Å²) in [7, 11) is 3.95. The largest absolute Gasteiger partial charge is 0.362 e. The molecule has 6 nitrogen and oxygen atoms in total. The van der Waals surface area contributed by atoms with E-state index in [-0.39, 0.29) is 23.6 Å². The lowest BCUT2D eigenvalue weighted by Gasteiger charge is -2.30. The highest BCUT2D eigenvalue weighted by molar-refractivity contribution is 9.10. The van der Waals surface area contributed by atoms with Gasteiger partial charge in [-0.2, -0.15) is 4.98 Å². The number of hydrogen-bond donors (Lipinski definition) is 2. The molecule has 8 heteroatoms. The van der Waals surface area contributed by atoms with E-state index in [0.717, 1.165) is 42.4 Å². The van der Waals surface area contributed by atoms with Gasteiger partial charge in [0.05, 0.1) is 11.1 Å². The number of amides is 1. The van der Waals surface area contributed by atoms with Crippen LogP contribution < -0.4 is 15.5 Å². The van der Waals surface area contributed by atoms with E-state index in [1.54, 1.807) is 6.07 Å². The molecule has 1 aliphatic carbocycles. The highest BCUT2D eigenvalue weighted by Gasteiger charge is 2.24. The molecule has 0 bridgehead atoms. The lowest BCUT2D eigenvalue weighted by atomic mass is 9.91. The summed E-state index contributed by atoms with van der Waals surface area (Å²) < 4.78 is 14.7. The first-order valence-corrected chi connectivity index (χ1v) is 11.2. The van der Waals surface area contributed by atoms with Gasteiger partial charge in [0.1, 0.15) is 11.6 Å². The number of anilines is 2. The molecule has 1 aromatic heterocycles. The van der Waals surface area contributed by atoms with E-state index >= 15 is 0 Å². The third-order valence-corrected chi connectivity index (χ3v) is 6.07. The third-order valence-electron chi connectivity index (χ3n) is 5.58. The van der Waals surface area contributed by atoms with Crippen molar-refractivity contribution in [2.24, 2.45) is 0 Å². The quantitative estimate of drug-likeness (QED) is 0.545. The Labute approximate surface area is 189 Å². The predicted octanol–water partition coefficient (Wildman–Crippen LogP) is 4.75. The van der Waals surface area contributed by atoms with Gasteiger partial charge in [-0.1, -0.05) is 28.1 Å². The molecular weight excluding hydrogens is 461 g/mol. The monoisotopic (exact) mass is 485 g/mol. The molecule has 31 heavy (non-hydrogen) atoms. The van der Waals surface area contributed by atoms with Crippen molar-refractivity contribution in [1.29, 1.82) is 0 Å². The normalized spacial score (nSPS) is 18.6. The van der Waals surface area contributed by atoms with Crippen LogP contribution in [-0.4, -0.2) is 42.1 Å². The van der Waals surface area contributed by atoms with E-state index in [1.165, 1.54) is 12.1 Å². The summed E-state index contributed by atoms with van der Waals surface area (Å²) in [6.45, 7) is 0. The summed E-state index contributed by atoms with van der Waals surface area (Å²) in [5, 5.41) is 7.45. The Kier molecular flexibility index (Phi) is 6.36. The van der Waals surface area contributed by atoms with Gasteiger partial charge in [0.15, 0.2) is 0 Å². The molecule has 3 aromatic rings. The van der Waals surface area contributed by atoms with Gasteiger partial charge in [0, 0.05) is 36.0 Å². The summed E-state index contributed by atoms with van der Waals surface area (Å²) in [5.74, 6) is 0.611. The number of benzene rings is 2. The Morgan fingerprint density at radius 1 is 1.06 bits per heavy atom. The minimum Gasteiger partial charge on any atom is -0.362 e. The average Bonchev–Trinajstić information content (AvgIpc) is 2.74. The summed E-state index contributed by atoms with van der Waals surface area (Å²) in [4.78, 5) is 23.8.